The molecule has 0 aromatic rings. The van der Waals surface area contributed by atoms with Gasteiger partial charge in [-0.15, -0.1) is 0 Å². The van der Waals surface area contributed by atoms with Crippen LogP contribution in [0.4, 0.5) is 4.79 Å². The Kier molecular flexibility index (Phi) is 6.84. The number of hydrogen-bond acceptors (Lipinski definition) is 3. The second kappa shape index (κ2) is 8.15. The van der Waals surface area contributed by atoms with E-state index in [1.165, 1.54) is 6.42 Å². The maximum Gasteiger partial charge on any atom is 0.321 e. The molecule has 0 bridgehead atoms. The van der Waals surface area contributed by atoms with Gasteiger partial charge in [0.2, 0.25) is 5.91 Å². The largest absolute Gasteiger partial charge is 0.338 e. The average Bonchev–Trinajstić information content (AvgIpc) is 2.37. The maximum atomic E-state index is 11.8. The minimum atomic E-state index is -0.385. The Morgan fingerprint density at radius 2 is 2.05 bits per heavy atom. The summed E-state index contributed by atoms with van der Waals surface area (Å²) in [5, 5.41) is 5.08. The minimum absolute atomic E-state index is 0.207. The molecular weight excluding hydrogens is 242 g/mol. The molecule has 5 heteroatoms. The van der Waals surface area contributed by atoms with E-state index >= 15 is 0 Å². The summed E-state index contributed by atoms with van der Waals surface area (Å²) in [5.74, 6) is 0.175. The number of amides is 3. The summed E-state index contributed by atoms with van der Waals surface area (Å²) in [6.45, 7) is 8.05. The predicted octanol–water partition coefficient (Wildman–Crippen LogP) is 1.73. The van der Waals surface area contributed by atoms with Crippen LogP contribution in [0.25, 0.3) is 0 Å². The molecule has 1 rings (SSSR count). The third-order valence-corrected chi connectivity index (χ3v) is 3.49. The van der Waals surface area contributed by atoms with E-state index < -0.39 is 0 Å². The second-order valence-corrected chi connectivity index (χ2v) is 5.68. The van der Waals surface area contributed by atoms with Crippen LogP contribution in [-0.2, 0) is 4.79 Å². The van der Waals surface area contributed by atoms with E-state index in [4.69, 9.17) is 0 Å². The van der Waals surface area contributed by atoms with Crippen LogP contribution in [0.5, 0.6) is 0 Å². The molecule has 3 amide bonds. The molecule has 1 heterocycles. The van der Waals surface area contributed by atoms with Crippen molar-refractivity contribution in [3.8, 4) is 0 Å². The highest BCUT2D eigenvalue weighted by Gasteiger charge is 2.23. The van der Waals surface area contributed by atoms with Crippen molar-refractivity contribution in [1.82, 2.24) is 15.5 Å². The lowest BCUT2D eigenvalue weighted by Gasteiger charge is -2.34. The van der Waals surface area contributed by atoms with Gasteiger partial charge in [0.15, 0.2) is 0 Å². The summed E-state index contributed by atoms with van der Waals surface area (Å²) in [6.07, 6.45) is 4.60. The summed E-state index contributed by atoms with van der Waals surface area (Å²) in [7, 11) is 0. The highest BCUT2D eigenvalue weighted by Crippen LogP contribution is 2.18. The third kappa shape index (κ3) is 6.05. The highest BCUT2D eigenvalue weighted by molar-refractivity contribution is 5.95. The van der Waals surface area contributed by atoms with Crippen molar-refractivity contribution in [3.63, 3.8) is 0 Å². The van der Waals surface area contributed by atoms with Gasteiger partial charge in [-0.2, -0.15) is 0 Å². The zero-order chi connectivity index (χ0) is 14.3. The van der Waals surface area contributed by atoms with Crippen LogP contribution in [-0.4, -0.2) is 42.5 Å². The fraction of sp³-hybridized carbons (Fsp3) is 0.857. The van der Waals surface area contributed by atoms with E-state index in [-0.39, 0.29) is 11.9 Å². The zero-order valence-electron chi connectivity index (χ0n) is 12.4. The molecule has 0 saturated carbocycles. The fourth-order valence-electron chi connectivity index (χ4n) is 2.42. The first-order valence-electron chi connectivity index (χ1n) is 7.34. The van der Waals surface area contributed by atoms with E-state index in [0.717, 1.165) is 25.8 Å². The van der Waals surface area contributed by atoms with Gasteiger partial charge in [-0.05, 0) is 31.7 Å². The molecular formula is C14H27N3O2. The first kappa shape index (κ1) is 16.0. The average molecular weight is 269 g/mol. The summed E-state index contributed by atoms with van der Waals surface area (Å²) < 4.78 is 0. The van der Waals surface area contributed by atoms with Crippen LogP contribution >= 0.6 is 0 Å². The quantitative estimate of drug-likeness (QED) is 0.799. The fourth-order valence-corrected chi connectivity index (χ4v) is 2.42. The monoisotopic (exact) mass is 269 g/mol. The number of nitrogens with one attached hydrogen (secondary N) is 2. The van der Waals surface area contributed by atoms with Crippen molar-refractivity contribution in [1.29, 1.82) is 0 Å². The number of hydrogen-bond donors (Lipinski definition) is 2. The lowest BCUT2D eigenvalue weighted by Crippen LogP contribution is -2.48. The van der Waals surface area contributed by atoms with Gasteiger partial charge in [-0.3, -0.25) is 15.0 Å². The van der Waals surface area contributed by atoms with Crippen LogP contribution in [0.3, 0.4) is 0 Å². The minimum Gasteiger partial charge on any atom is -0.338 e. The van der Waals surface area contributed by atoms with Crippen molar-refractivity contribution >= 4 is 11.9 Å². The number of urea groups is 1. The summed E-state index contributed by atoms with van der Waals surface area (Å²) in [6, 6.07) is 0.0991. The molecule has 1 aliphatic heterocycles. The van der Waals surface area contributed by atoms with Gasteiger partial charge in [0, 0.05) is 12.6 Å². The summed E-state index contributed by atoms with van der Waals surface area (Å²) in [5.41, 5.74) is 0. The highest BCUT2D eigenvalue weighted by atomic mass is 16.2. The zero-order valence-corrected chi connectivity index (χ0v) is 12.4. The Morgan fingerprint density at radius 3 is 2.68 bits per heavy atom. The Morgan fingerprint density at radius 1 is 1.32 bits per heavy atom. The van der Waals surface area contributed by atoms with Crippen molar-refractivity contribution in [2.75, 3.05) is 19.6 Å². The van der Waals surface area contributed by atoms with Gasteiger partial charge >= 0.3 is 6.03 Å². The summed E-state index contributed by atoms with van der Waals surface area (Å²) >= 11 is 0. The number of rotatable bonds is 5. The standard InChI is InChI=1S/C14H27N3O2/c1-4-12-7-5-6-8-17(12)10-13(18)16-14(19)15-9-11(2)3/h11-12H,4-10H2,1-3H3,(H2,15,16,18,19). The number of carbonyl (C=O) groups excluding carboxylic acids is 2. The normalized spacial score (nSPS) is 20.3. The molecule has 1 aliphatic rings. The SMILES string of the molecule is CCC1CCCCN1CC(=O)NC(=O)NCC(C)C. The predicted molar refractivity (Wildman–Crippen MR) is 75.9 cm³/mol. The lowest BCUT2D eigenvalue weighted by atomic mass is 10.0. The molecule has 1 saturated heterocycles. The molecule has 1 atom stereocenters. The van der Waals surface area contributed by atoms with Crippen molar-refractivity contribution < 1.29 is 9.59 Å². The smallest absolute Gasteiger partial charge is 0.321 e. The number of imide groups is 1. The van der Waals surface area contributed by atoms with Gasteiger partial charge in [-0.25, -0.2) is 4.79 Å². The molecule has 0 spiro atoms. The van der Waals surface area contributed by atoms with Crippen LogP contribution in [0.1, 0.15) is 46.5 Å². The van der Waals surface area contributed by atoms with E-state index in [1.54, 1.807) is 0 Å². The molecule has 1 fully saturated rings. The topological polar surface area (TPSA) is 61.4 Å². The molecule has 0 aliphatic carbocycles. The Bertz CT molecular complexity index is 305. The second-order valence-electron chi connectivity index (χ2n) is 5.68. The Balaban J connectivity index is 2.31. The molecule has 1 unspecified atom stereocenters. The van der Waals surface area contributed by atoms with Crippen LogP contribution in [0.15, 0.2) is 0 Å². The number of likely N-dealkylation sites (tertiary alicyclic amines) is 1. The van der Waals surface area contributed by atoms with Crippen molar-refractivity contribution in [2.24, 2.45) is 5.92 Å². The first-order chi connectivity index (χ1) is 9.02. The maximum absolute atomic E-state index is 11.8. The Labute approximate surface area is 116 Å². The van der Waals surface area contributed by atoms with Gasteiger partial charge in [-0.1, -0.05) is 27.2 Å². The lowest BCUT2D eigenvalue weighted by molar-refractivity contribution is -0.122. The van der Waals surface area contributed by atoms with E-state index in [1.807, 2.05) is 13.8 Å². The molecule has 110 valence electrons. The molecule has 0 aromatic heterocycles. The van der Waals surface area contributed by atoms with Crippen LogP contribution in [0.2, 0.25) is 0 Å². The number of piperidine rings is 1. The van der Waals surface area contributed by atoms with Gasteiger partial charge in [0.1, 0.15) is 0 Å². The molecule has 0 radical (unpaired) electrons. The molecule has 19 heavy (non-hydrogen) atoms. The van der Waals surface area contributed by atoms with E-state index in [2.05, 4.69) is 22.5 Å². The van der Waals surface area contributed by atoms with Crippen LogP contribution < -0.4 is 10.6 Å². The first-order valence-corrected chi connectivity index (χ1v) is 7.34. The third-order valence-electron chi connectivity index (χ3n) is 3.49. The van der Waals surface area contributed by atoms with Crippen LogP contribution in [0, 0.1) is 5.92 Å². The molecule has 5 nitrogen and oxygen atoms in total. The summed E-state index contributed by atoms with van der Waals surface area (Å²) in [4.78, 5) is 25.5. The van der Waals surface area contributed by atoms with Gasteiger partial charge in [0.05, 0.1) is 6.54 Å². The molecule has 0 aromatic carbocycles. The van der Waals surface area contributed by atoms with Gasteiger partial charge in [0.25, 0.3) is 0 Å². The van der Waals surface area contributed by atoms with Crippen molar-refractivity contribution in [3.05, 3.63) is 0 Å². The van der Waals surface area contributed by atoms with E-state index in [0.29, 0.717) is 25.0 Å². The molecule has 2 N–H and O–H groups in total. The van der Waals surface area contributed by atoms with Crippen molar-refractivity contribution in [2.45, 2.75) is 52.5 Å². The van der Waals surface area contributed by atoms with E-state index in [9.17, 15) is 9.59 Å². The number of nitrogens with zero attached hydrogens (tertiary/aromatic N) is 1. The Hall–Kier alpha value is -1.10. The number of carbonyl (C=O) groups is 2. The van der Waals surface area contributed by atoms with Gasteiger partial charge < -0.3 is 5.32 Å².